The molecule has 0 saturated heterocycles. The minimum Gasteiger partial charge on any atom is -0.389 e. The second kappa shape index (κ2) is 3.32. The molecule has 1 N–H and O–H groups in total. The quantitative estimate of drug-likeness (QED) is 0.797. The van der Waals surface area contributed by atoms with Crippen molar-refractivity contribution >= 4 is 9.24 Å². The number of methoxy groups -OCH3 is 1. The Hall–Kier alpha value is 0.350. The lowest BCUT2D eigenvalue weighted by Crippen LogP contribution is -2.46. The summed E-state index contributed by atoms with van der Waals surface area (Å²) in [5.74, 6) is 1.64. The third-order valence-electron chi connectivity index (χ3n) is 6.87. The minimum absolute atomic E-state index is 0.0369. The number of ether oxygens (including phenoxy) is 1. The fourth-order valence-corrected chi connectivity index (χ4v) is 6.10. The molecule has 0 aromatic heterocycles. The third-order valence-corrected chi connectivity index (χ3v) is 7.87. The lowest BCUT2D eigenvalue weighted by Gasteiger charge is -2.46. The summed E-state index contributed by atoms with van der Waals surface area (Å²) >= 11 is 0. The molecule has 4 aliphatic rings. The van der Waals surface area contributed by atoms with Crippen LogP contribution in [0.4, 0.5) is 0 Å². The Morgan fingerprint density at radius 1 is 1.39 bits per heavy atom. The first-order valence-corrected chi connectivity index (χ1v) is 8.16. The van der Waals surface area contributed by atoms with Gasteiger partial charge in [0, 0.05) is 18.7 Å². The van der Waals surface area contributed by atoms with Crippen LogP contribution in [0.15, 0.2) is 0 Å². The number of fused-ring (bicyclic) bond motifs is 2. The Morgan fingerprint density at radius 2 is 2.11 bits per heavy atom. The minimum atomic E-state index is -0.424. The van der Waals surface area contributed by atoms with E-state index in [0.29, 0.717) is 22.9 Å². The predicted molar refractivity (Wildman–Crippen MR) is 74.5 cm³/mol. The van der Waals surface area contributed by atoms with Crippen molar-refractivity contribution in [2.75, 3.05) is 7.11 Å². The summed E-state index contributed by atoms with van der Waals surface area (Å²) in [7, 11) is 4.76. The van der Waals surface area contributed by atoms with Gasteiger partial charge in [-0.3, -0.25) is 0 Å². The van der Waals surface area contributed by atoms with Crippen molar-refractivity contribution in [1.29, 1.82) is 0 Å². The average molecular weight is 268 g/mol. The molecule has 4 saturated carbocycles. The first kappa shape index (κ1) is 12.1. The first-order chi connectivity index (χ1) is 8.46. The van der Waals surface area contributed by atoms with Crippen LogP contribution in [0.25, 0.3) is 0 Å². The van der Waals surface area contributed by atoms with E-state index in [-0.39, 0.29) is 5.60 Å². The number of hydrogen-bond acceptors (Lipinski definition) is 2. The molecule has 0 aromatic carbocycles. The Morgan fingerprint density at radius 3 is 2.67 bits per heavy atom. The molecule has 0 heterocycles. The smallest absolute Gasteiger partial charge is 0.0804 e. The van der Waals surface area contributed by atoms with Crippen molar-refractivity contribution in [3.63, 3.8) is 0 Å². The van der Waals surface area contributed by atoms with E-state index in [1.54, 1.807) is 0 Å². The number of aliphatic hydroxyl groups is 1. The molecule has 4 unspecified atom stereocenters. The fourth-order valence-electron chi connectivity index (χ4n) is 5.26. The van der Waals surface area contributed by atoms with E-state index in [1.807, 2.05) is 7.11 Å². The van der Waals surface area contributed by atoms with Crippen LogP contribution in [0.1, 0.15) is 45.4 Å². The zero-order chi connectivity index (χ0) is 12.8. The summed E-state index contributed by atoms with van der Waals surface area (Å²) in [6, 6.07) is 0. The number of hydrogen-bond donors (Lipinski definition) is 1. The van der Waals surface area contributed by atoms with Gasteiger partial charge in [0.05, 0.1) is 11.2 Å². The Labute approximate surface area is 112 Å². The summed E-state index contributed by atoms with van der Waals surface area (Å²) in [6.07, 6.45) is 7.62. The van der Waals surface area contributed by atoms with Crippen molar-refractivity contribution < 1.29 is 9.84 Å². The molecule has 0 bridgehead atoms. The van der Waals surface area contributed by atoms with Gasteiger partial charge in [-0.15, -0.1) is 9.24 Å². The van der Waals surface area contributed by atoms with Crippen LogP contribution in [0.5, 0.6) is 0 Å². The summed E-state index contributed by atoms with van der Waals surface area (Å²) < 4.78 is 5.92. The zero-order valence-corrected chi connectivity index (χ0v) is 12.6. The normalized spacial score (nSPS) is 59.3. The van der Waals surface area contributed by atoms with Crippen molar-refractivity contribution in [2.45, 2.75) is 62.3 Å². The summed E-state index contributed by atoms with van der Waals surface area (Å²) in [5, 5.41) is 11.1. The molecule has 18 heavy (non-hydrogen) atoms. The summed E-state index contributed by atoms with van der Waals surface area (Å²) in [6.45, 7) is 2.41. The third kappa shape index (κ3) is 1.26. The van der Waals surface area contributed by atoms with E-state index in [2.05, 4.69) is 16.2 Å². The average Bonchev–Trinajstić information content (AvgIpc) is 3.16. The molecule has 7 atom stereocenters. The maximum Gasteiger partial charge on any atom is 0.0804 e. The largest absolute Gasteiger partial charge is 0.389 e. The van der Waals surface area contributed by atoms with Crippen LogP contribution in [0.3, 0.4) is 0 Å². The SMILES string of the molecule is COC12C[C@@H]1C[C@H]1C(P)C1(O)[C@H]2CC1(C)CCC1. The van der Waals surface area contributed by atoms with E-state index >= 15 is 0 Å². The lowest BCUT2D eigenvalue weighted by atomic mass is 9.62. The molecular formula is C15H25O2P. The highest BCUT2D eigenvalue weighted by Gasteiger charge is 2.80. The van der Waals surface area contributed by atoms with Gasteiger partial charge in [0.25, 0.3) is 0 Å². The van der Waals surface area contributed by atoms with Gasteiger partial charge in [-0.2, -0.15) is 0 Å². The van der Waals surface area contributed by atoms with E-state index in [1.165, 1.54) is 38.5 Å². The summed E-state index contributed by atoms with van der Waals surface area (Å²) in [4.78, 5) is 0. The van der Waals surface area contributed by atoms with Gasteiger partial charge in [-0.25, -0.2) is 0 Å². The Bertz CT molecular complexity index is 392. The maximum absolute atomic E-state index is 11.1. The van der Waals surface area contributed by atoms with Crippen LogP contribution in [0, 0.1) is 23.2 Å². The molecule has 0 amide bonds. The summed E-state index contributed by atoms with van der Waals surface area (Å²) in [5.41, 5.74) is 0.515. The van der Waals surface area contributed by atoms with E-state index in [4.69, 9.17) is 4.74 Å². The van der Waals surface area contributed by atoms with Crippen LogP contribution in [0.2, 0.25) is 0 Å². The van der Waals surface area contributed by atoms with Gasteiger partial charge in [0.2, 0.25) is 0 Å². The Kier molecular flexibility index (Phi) is 2.24. The van der Waals surface area contributed by atoms with Gasteiger partial charge in [0.15, 0.2) is 0 Å². The highest BCUT2D eigenvalue weighted by Crippen LogP contribution is 2.75. The molecule has 102 valence electrons. The molecule has 3 heteroatoms. The zero-order valence-electron chi connectivity index (χ0n) is 11.5. The van der Waals surface area contributed by atoms with E-state index < -0.39 is 5.60 Å². The van der Waals surface area contributed by atoms with Gasteiger partial charge >= 0.3 is 0 Å². The van der Waals surface area contributed by atoms with E-state index in [9.17, 15) is 5.11 Å². The monoisotopic (exact) mass is 268 g/mol. The maximum atomic E-state index is 11.1. The van der Waals surface area contributed by atoms with Crippen LogP contribution in [-0.4, -0.2) is 29.1 Å². The molecule has 0 aliphatic heterocycles. The fraction of sp³-hybridized carbons (Fsp3) is 1.00. The molecular weight excluding hydrogens is 243 g/mol. The first-order valence-electron chi connectivity index (χ1n) is 7.49. The molecule has 4 rings (SSSR count). The molecule has 0 spiro atoms. The predicted octanol–water partition coefficient (Wildman–Crippen LogP) is 2.60. The lowest BCUT2D eigenvalue weighted by molar-refractivity contribution is -0.100. The molecule has 4 aliphatic carbocycles. The standard InChI is InChI=1S/C15H25O2P/c1-13(4-3-5-13)8-11-14(17-2)7-9(14)6-10-12(18)15(10,11)16/h9-12,16H,3-8,18H2,1-2H3/t9-,10-,11-,12?,14?,15?/m0/s1. The van der Waals surface area contributed by atoms with Crippen LogP contribution >= 0.6 is 9.24 Å². The molecule has 0 aromatic rings. The van der Waals surface area contributed by atoms with Crippen LogP contribution < -0.4 is 0 Å². The second-order valence-corrected chi connectivity index (χ2v) is 8.45. The highest BCUT2D eigenvalue weighted by atomic mass is 31.0. The van der Waals surface area contributed by atoms with Crippen molar-refractivity contribution in [3.8, 4) is 0 Å². The van der Waals surface area contributed by atoms with E-state index in [0.717, 1.165) is 5.92 Å². The molecule has 0 radical (unpaired) electrons. The number of rotatable bonds is 3. The molecule has 4 fully saturated rings. The highest BCUT2D eigenvalue weighted by molar-refractivity contribution is 7.18. The topological polar surface area (TPSA) is 29.5 Å². The molecule has 2 nitrogen and oxygen atoms in total. The second-order valence-electron chi connectivity index (χ2n) is 7.74. The van der Waals surface area contributed by atoms with Gasteiger partial charge < -0.3 is 9.84 Å². The van der Waals surface area contributed by atoms with Gasteiger partial charge in [-0.1, -0.05) is 13.3 Å². The van der Waals surface area contributed by atoms with Crippen LogP contribution in [-0.2, 0) is 4.74 Å². The van der Waals surface area contributed by atoms with Gasteiger partial charge in [-0.05, 0) is 49.4 Å². The van der Waals surface area contributed by atoms with Gasteiger partial charge in [0.1, 0.15) is 0 Å². The van der Waals surface area contributed by atoms with Crippen molar-refractivity contribution in [3.05, 3.63) is 0 Å². The van der Waals surface area contributed by atoms with Crippen molar-refractivity contribution in [2.24, 2.45) is 23.2 Å². The van der Waals surface area contributed by atoms with Crippen molar-refractivity contribution in [1.82, 2.24) is 0 Å². The Balaban J connectivity index is 1.64.